The Bertz CT molecular complexity index is 1350. The van der Waals surface area contributed by atoms with E-state index in [1.54, 1.807) is 61.4 Å². The number of aromatic nitrogens is 4. The number of carbonyl (C=O) groups is 3. The van der Waals surface area contributed by atoms with Gasteiger partial charge in [0.05, 0.1) is 11.2 Å². The summed E-state index contributed by atoms with van der Waals surface area (Å²) < 4.78 is 4.58. The van der Waals surface area contributed by atoms with E-state index in [-0.39, 0.29) is 17.5 Å². The molecule has 0 bridgehead atoms. The summed E-state index contributed by atoms with van der Waals surface area (Å²) in [7, 11) is 3.36. The van der Waals surface area contributed by atoms with Crippen LogP contribution in [0.15, 0.2) is 48.9 Å². The number of anilines is 3. The highest BCUT2D eigenvalue weighted by atomic mass is 16.4. The molecular formula is C20H19N7O4. The van der Waals surface area contributed by atoms with Gasteiger partial charge in [0, 0.05) is 43.8 Å². The average molecular weight is 421 g/mol. The molecule has 158 valence electrons. The third-order valence-electron chi connectivity index (χ3n) is 4.74. The second-order valence-corrected chi connectivity index (χ2v) is 6.97. The minimum absolute atomic E-state index is 0.149. The number of hydrogen-bond acceptors (Lipinski definition) is 5. The number of aryl methyl sites for hydroxylation is 2. The highest BCUT2D eigenvalue weighted by molar-refractivity contribution is 6.05. The summed E-state index contributed by atoms with van der Waals surface area (Å²) in [4.78, 5) is 40.4. The van der Waals surface area contributed by atoms with Crippen molar-refractivity contribution >= 4 is 46.0 Å². The molecule has 0 aliphatic heterocycles. The fraction of sp³-hybridized carbons (Fsp3) is 0.100. The number of hydrogen-bond donors (Lipinski definition) is 4. The van der Waals surface area contributed by atoms with Crippen molar-refractivity contribution in [1.29, 1.82) is 0 Å². The van der Waals surface area contributed by atoms with Gasteiger partial charge in [-0.1, -0.05) is 0 Å². The van der Waals surface area contributed by atoms with Crippen LogP contribution in [0.3, 0.4) is 0 Å². The third-order valence-corrected chi connectivity index (χ3v) is 4.74. The molecule has 0 saturated heterocycles. The molecule has 1 aromatic carbocycles. The zero-order valence-corrected chi connectivity index (χ0v) is 16.7. The molecule has 0 radical (unpaired) electrons. The summed E-state index contributed by atoms with van der Waals surface area (Å²) >= 11 is 0. The molecule has 0 saturated carbocycles. The van der Waals surface area contributed by atoms with E-state index in [0.29, 0.717) is 28.0 Å². The summed E-state index contributed by atoms with van der Waals surface area (Å²) in [5.41, 5.74) is 7.42. The monoisotopic (exact) mass is 421 g/mol. The number of carbonyl (C=O) groups excluding carboxylic acids is 2. The lowest BCUT2D eigenvalue weighted by Crippen LogP contribution is -2.16. The van der Waals surface area contributed by atoms with Crippen LogP contribution < -0.4 is 16.4 Å². The molecule has 0 unspecified atom stereocenters. The molecule has 2 amide bonds. The van der Waals surface area contributed by atoms with E-state index < -0.39 is 12.0 Å². The topological polar surface area (TPSA) is 149 Å². The van der Waals surface area contributed by atoms with Gasteiger partial charge >= 0.3 is 6.09 Å². The molecule has 0 aliphatic carbocycles. The van der Waals surface area contributed by atoms with E-state index in [2.05, 4.69) is 15.6 Å². The second-order valence-electron chi connectivity index (χ2n) is 6.97. The van der Waals surface area contributed by atoms with Crippen molar-refractivity contribution in [2.45, 2.75) is 0 Å². The molecule has 0 fully saturated rings. The summed E-state index contributed by atoms with van der Waals surface area (Å²) in [6, 6.07) is 8.17. The van der Waals surface area contributed by atoms with E-state index in [4.69, 9.17) is 10.8 Å². The summed E-state index contributed by atoms with van der Waals surface area (Å²) in [5, 5.41) is 14.5. The Balaban J connectivity index is 1.59. The number of carboxylic acid groups (broad SMARTS) is 1. The van der Waals surface area contributed by atoms with Gasteiger partial charge in [0.2, 0.25) is 5.82 Å². The van der Waals surface area contributed by atoms with Crippen LogP contribution in [0, 0.1) is 0 Å². The number of benzene rings is 1. The number of fused-ring (bicyclic) bond motifs is 1. The average Bonchev–Trinajstić information content (AvgIpc) is 3.37. The number of nitrogens with one attached hydrogen (secondary N) is 2. The molecule has 0 atom stereocenters. The van der Waals surface area contributed by atoms with Gasteiger partial charge in [-0.15, -0.1) is 0 Å². The Morgan fingerprint density at radius 3 is 2.45 bits per heavy atom. The van der Waals surface area contributed by atoms with E-state index in [1.165, 1.54) is 15.3 Å². The summed E-state index contributed by atoms with van der Waals surface area (Å²) in [5.74, 6) is -0.374. The highest BCUT2D eigenvalue weighted by Crippen LogP contribution is 2.23. The van der Waals surface area contributed by atoms with Gasteiger partial charge in [-0.2, -0.15) is 0 Å². The van der Waals surface area contributed by atoms with Gasteiger partial charge in [0.25, 0.3) is 11.8 Å². The standard InChI is InChI=1S/C20H19N7O4/c1-25-9-13(22-18(28)17-24-16(21)10-26(17)2)8-15(25)19(29)27-6-5-11-7-12(23-20(30)31)3-4-14(11)27/h3-10,23H,21H2,1-2H3,(H,22,28)(H,30,31). The Hall–Kier alpha value is -4.54. The predicted octanol–water partition coefficient (Wildman–Crippen LogP) is 2.33. The summed E-state index contributed by atoms with van der Waals surface area (Å²) in [6.07, 6.45) is 3.60. The summed E-state index contributed by atoms with van der Waals surface area (Å²) in [6.45, 7) is 0. The number of rotatable bonds is 4. The first kappa shape index (κ1) is 19.8. The van der Waals surface area contributed by atoms with Gasteiger partial charge in [-0.25, -0.2) is 9.78 Å². The number of imidazole rings is 1. The highest BCUT2D eigenvalue weighted by Gasteiger charge is 2.19. The third kappa shape index (κ3) is 3.71. The SMILES string of the molecule is Cn1cc(NC(=O)c2nc(N)cn2C)cc1C(=O)n1ccc2cc(NC(=O)O)ccc21. The fourth-order valence-corrected chi connectivity index (χ4v) is 3.38. The van der Waals surface area contributed by atoms with E-state index in [1.807, 2.05) is 0 Å². The molecule has 3 aromatic heterocycles. The van der Waals surface area contributed by atoms with Gasteiger partial charge in [-0.3, -0.25) is 19.5 Å². The van der Waals surface area contributed by atoms with Crippen molar-refractivity contribution in [1.82, 2.24) is 18.7 Å². The Morgan fingerprint density at radius 2 is 1.77 bits per heavy atom. The largest absolute Gasteiger partial charge is 0.465 e. The molecule has 11 heteroatoms. The van der Waals surface area contributed by atoms with Crippen LogP contribution in [-0.2, 0) is 14.1 Å². The van der Waals surface area contributed by atoms with Crippen molar-refractivity contribution in [3.8, 4) is 0 Å². The molecule has 11 nitrogen and oxygen atoms in total. The van der Waals surface area contributed by atoms with Crippen LogP contribution in [0.2, 0.25) is 0 Å². The maximum Gasteiger partial charge on any atom is 0.409 e. The van der Waals surface area contributed by atoms with E-state index in [0.717, 1.165) is 0 Å². The van der Waals surface area contributed by atoms with Crippen molar-refractivity contribution in [3.63, 3.8) is 0 Å². The Morgan fingerprint density at radius 1 is 1.00 bits per heavy atom. The lowest BCUT2D eigenvalue weighted by atomic mass is 10.2. The van der Waals surface area contributed by atoms with Gasteiger partial charge in [0.1, 0.15) is 11.5 Å². The smallest absolute Gasteiger partial charge is 0.409 e. The molecule has 5 N–H and O–H groups in total. The number of nitrogens with zero attached hydrogens (tertiary/aromatic N) is 4. The lowest BCUT2D eigenvalue weighted by molar-refractivity contribution is 0.0955. The second kappa shape index (κ2) is 7.37. The van der Waals surface area contributed by atoms with E-state index in [9.17, 15) is 14.4 Å². The molecule has 4 rings (SSSR count). The predicted molar refractivity (Wildman–Crippen MR) is 114 cm³/mol. The molecule has 0 aliphatic rings. The van der Waals surface area contributed by atoms with Crippen LogP contribution in [-0.4, -0.2) is 41.7 Å². The quantitative estimate of drug-likeness (QED) is 0.397. The van der Waals surface area contributed by atoms with Crippen LogP contribution in [0.1, 0.15) is 21.1 Å². The van der Waals surface area contributed by atoms with Crippen molar-refractivity contribution < 1.29 is 19.5 Å². The van der Waals surface area contributed by atoms with Crippen LogP contribution in [0.5, 0.6) is 0 Å². The van der Waals surface area contributed by atoms with Crippen LogP contribution >= 0.6 is 0 Å². The minimum Gasteiger partial charge on any atom is -0.465 e. The van der Waals surface area contributed by atoms with Gasteiger partial charge in [0.15, 0.2) is 0 Å². The number of nitrogens with two attached hydrogens (primary N) is 1. The molecular weight excluding hydrogens is 402 g/mol. The first-order chi connectivity index (χ1) is 14.7. The van der Waals surface area contributed by atoms with Gasteiger partial charge < -0.3 is 25.3 Å². The Labute approximate surface area is 175 Å². The van der Waals surface area contributed by atoms with Crippen molar-refractivity contribution in [2.24, 2.45) is 14.1 Å². The first-order valence-corrected chi connectivity index (χ1v) is 9.15. The van der Waals surface area contributed by atoms with Crippen LogP contribution in [0.25, 0.3) is 10.9 Å². The molecule has 31 heavy (non-hydrogen) atoms. The number of amides is 2. The number of nitrogen functional groups attached to an aromatic ring is 1. The van der Waals surface area contributed by atoms with Gasteiger partial charge in [-0.05, 0) is 30.3 Å². The van der Waals surface area contributed by atoms with Crippen LogP contribution in [0.4, 0.5) is 22.0 Å². The molecule has 4 aromatic rings. The molecule has 0 spiro atoms. The maximum absolute atomic E-state index is 13.1. The van der Waals surface area contributed by atoms with Crippen molar-refractivity contribution in [2.75, 3.05) is 16.4 Å². The fourth-order valence-electron chi connectivity index (χ4n) is 3.38. The lowest BCUT2D eigenvalue weighted by Gasteiger charge is -2.06. The van der Waals surface area contributed by atoms with E-state index >= 15 is 0 Å². The molecule has 3 heterocycles. The normalized spacial score (nSPS) is 10.9. The maximum atomic E-state index is 13.1. The van der Waals surface area contributed by atoms with Crippen molar-refractivity contribution in [3.05, 3.63) is 60.4 Å². The minimum atomic E-state index is -1.17. The zero-order chi connectivity index (χ0) is 22.3. The Kier molecular flexibility index (Phi) is 4.70. The zero-order valence-electron chi connectivity index (χ0n) is 16.7. The first-order valence-electron chi connectivity index (χ1n) is 9.15.